The van der Waals surface area contributed by atoms with Crippen molar-refractivity contribution < 1.29 is 24.6 Å². The van der Waals surface area contributed by atoms with Crippen molar-refractivity contribution in [3.63, 3.8) is 0 Å². The summed E-state index contributed by atoms with van der Waals surface area (Å²) in [6, 6.07) is 4.26. The first kappa shape index (κ1) is 15.4. The molecule has 1 aliphatic heterocycles. The Bertz CT molecular complexity index is 570. The summed E-state index contributed by atoms with van der Waals surface area (Å²) in [5.74, 6) is -2.44. The number of hydrogen-bond acceptors (Lipinski definition) is 5. The molecule has 0 amide bonds. The van der Waals surface area contributed by atoms with E-state index in [0.717, 1.165) is 11.8 Å². The van der Waals surface area contributed by atoms with Gasteiger partial charge < -0.3 is 10.2 Å². The number of carbonyl (C=O) groups is 2. The van der Waals surface area contributed by atoms with Gasteiger partial charge in [0.15, 0.2) is 0 Å². The molecule has 1 aromatic rings. The van der Waals surface area contributed by atoms with Gasteiger partial charge in [0, 0.05) is 0 Å². The maximum absolute atomic E-state index is 11.6. The Morgan fingerprint density at radius 2 is 2.05 bits per heavy atom. The zero-order valence-electron chi connectivity index (χ0n) is 9.80. The Labute approximate surface area is 128 Å². The number of hydroxylamine groups is 1. The van der Waals surface area contributed by atoms with Crippen molar-refractivity contribution in [2.24, 2.45) is 0 Å². The second-order valence-electron chi connectivity index (χ2n) is 3.97. The second kappa shape index (κ2) is 5.79. The minimum atomic E-state index is -1.75. The van der Waals surface area contributed by atoms with Gasteiger partial charge in [0.05, 0.1) is 16.7 Å². The van der Waals surface area contributed by atoms with Gasteiger partial charge in [0.25, 0.3) is 0 Å². The summed E-state index contributed by atoms with van der Waals surface area (Å²) in [5, 5.41) is 17.9. The second-order valence-corrected chi connectivity index (χ2v) is 6.20. The maximum atomic E-state index is 11.6. The third-order valence-electron chi connectivity index (χ3n) is 2.67. The first-order valence-electron chi connectivity index (χ1n) is 5.35. The van der Waals surface area contributed by atoms with Crippen LogP contribution in [0.5, 0.6) is 0 Å². The molecule has 2 unspecified atom stereocenters. The highest BCUT2D eigenvalue weighted by molar-refractivity contribution is 8.02. The molecule has 1 saturated heterocycles. The predicted octanol–water partition coefficient (Wildman–Crippen LogP) is 1.95. The van der Waals surface area contributed by atoms with Crippen LogP contribution in [0.15, 0.2) is 18.2 Å². The largest absolute Gasteiger partial charge is 0.480 e. The molecular formula is C11H9Cl2NO5S. The number of aliphatic carboxylic acids is 2. The van der Waals surface area contributed by atoms with Crippen LogP contribution in [0.25, 0.3) is 0 Å². The molecule has 0 radical (unpaired) electrons. The molecule has 2 rings (SSSR count). The first-order chi connectivity index (χ1) is 9.36. The van der Waals surface area contributed by atoms with Crippen LogP contribution in [0.4, 0.5) is 0 Å². The van der Waals surface area contributed by atoms with Crippen molar-refractivity contribution in [2.45, 2.75) is 10.1 Å². The molecule has 0 saturated carbocycles. The van der Waals surface area contributed by atoms with E-state index in [4.69, 9.17) is 33.1 Å². The highest BCUT2D eigenvalue weighted by Gasteiger charge is 2.48. The van der Waals surface area contributed by atoms with Crippen LogP contribution >= 0.6 is 35.0 Å². The van der Waals surface area contributed by atoms with Crippen LogP contribution in [0.1, 0.15) is 5.56 Å². The van der Waals surface area contributed by atoms with Gasteiger partial charge in [-0.15, -0.1) is 11.8 Å². The van der Waals surface area contributed by atoms with Crippen LogP contribution in [0.2, 0.25) is 10.0 Å². The number of nitrogens with one attached hydrogen (secondary N) is 1. The number of benzene rings is 1. The smallest absolute Gasteiger partial charge is 0.341 e. The van der Waals surface area contributed by atoms with Gasteiger partial charge in [-0.05, 0) is 17.7 Å². The molecule has 6 nitrogen and oxygen atoms in total. The predicted molar refractivity (Wildman–Crippen MR) is 73.9 cm³/mol. The van der Waals surface area contributed by atoms with E-state index in [0.29, 0.717) is 0 Å². The molecule has 2 atom stereocenters. The number of thioether (sulfide) groups is 1. The monoisotopic (exact) mass is 337 g/mol. The van der Waals surface area contributed by atoms with E-state index in [1.807, 2.05) is 0 Å². The fraction of sp³-hybridized carbons (Fsp3) is 0.273. The highest BCUT2D eigenvalue weighted by Crippen LogP contribution is 2.41. The number of halogens is 2. The Kier molecular flexibility index (Phi) is 4.46. The van der Waals surface area contributed by atoms with E-state index in [2.05, 4.69) is 5.48 Å². The quantitative estimate of drug-likeness (QED) is 0.775. The van der Waals surface area contributed by atoms with Gasteiger partial charge in [-0.3, -0.25) is 9.63 Å². The number of hydrogen-bond donors (Lipinski definition) is 3. The van der Waals surface area contributed by atoms with Gasteiger partial charge in [-0.25, -0.2) is 4.79 Å². The molecule has 108 valence electrons. The maximum Gasteiger partial charge on any atom is 0.341 e. The fourth-order valence-electron chi connectivity index (χ4n) is 1.67. The lowest BCUT2D eigenvalue weighted by Crippen LogP contribution is -2.53. The van der Waals surface area contributed by atoms with E-state index in [1.54, 1.807) is 0 Å². The summed E-state index contributed by atoms with van der Waals surface area (Å²) in [6.45, 7) is -0.143. The molecule has 1 heterocycles. The third kappa shape index (κ3) is 2.72. The molecule has 0 aromatic heterocycles. The minimum absolute atomic E-state index is 0.143. The van der Waals surface area contributed by atoms with Crippen molar-refractivity contribution in [1.82, 2.24) is 5.48 Å². The summed E-state index contributed by atoms with van der Waals surface area (Å²) < 4.78 is 0. The molecule has 1 aliphatic rings. The summed E-state index contributed by atoms with van der Waals surface area (Å²) in [5.41, 5.74) is 2.62. The van der Waals surface area contributed by atoms with Crippen LogP contribution in [-0.4, -0.2) is 34.0 Å². The average Bonchev–Trinajstić information content (AvgIpc) is 2.41. The molecule has 0 aliphatic carbocycles. The van der Waals surface area contributed by atoms with Crippen molar-refractivity contribution in [1.29, 1.82) is 0 Å². The Hall–Kier alpha value is -0.990. The zero-order valence-corrected chi connectivity index (χ0v) is 12.1. The SMILES string of the molecule is O=C(O)C1CONC(C(=O)O)(c2ccc(Cl)c(Cl)c2)S1. The van der Waals surface area contributed by atoms with Crippen LogP contribution in [0.3, 0.4) is 0 Å². The van der Waals surface area contributed by atoms with Crippen LogP contribution < -0.4 is 5.48 Å². The van der Waals surface area contributed by atoms with Gasteiger partial charge in [0.1, 0.15) is 5.25 Å². The third-order valence-corrected chi connectivity index (χ3v) is 4.88. The normalized spacial score (nSPS) is 26.2. The topological polar surface area (TPSA) is 95.9 Å². The average molecular weight is 338 g/mol. The lowest BCUT2D eigenvalue weighted by Gasteiger charge is -2.36. The highest BCUT2D eigenvalue weighted by atomic mass is 35.5. The molecule has 9 heteroatoms. The standard InChI is InChI=1S/C11H9Cl2NO5S/c12-6-2-1-5(3-7(6)13)11(10(17)18)14-19-4-8(20-11)9(15)16/h1-3,8,14H,4H2,(H,15,16)(H,17,18). The van der Waals surface area contributed by atoms with Gasteiger partial charge in [-0.2, -0.15) is 5.48 Å². The van der Waals surface area contributed by atoms with E-state index in [-0.39, 0.29) is 22.2 Å². The van der Waals surface area contributed by atoms with Crippen LogP contribution in [0, 0.1) is 0 Å². The van der Waals surface area contributed by atoms with E-state index >= 15 is 0 Å². The molecule has 1 fully saturated rings. The van der Waals surface area contributed by atoms with Crippen molar-refractivity contribution in [2.75, 3.05) is 6.61 Å². The van der Waals surface area contributed by atoms with Crippen LogP contribution in [-0.2, 0) is 19.3 Å². The van der Waals surface area contributed by atoms with Crippen molar-refractivity contribution in [3.05, 3.63) is 33.8 Å². The molecule has 0 bridgehead atoms. The summed E-state index contributed by atoms with van der Waals surface area (Å²) in [4.78, 5) is 25.8. The van der Waals surface area contributed by atoms with E-state index in [1.165, 1.54) is 18.2 Å². The first-order valence-corrected chi connectivity index (χ1v) is 6.99. The van der Waals surface area contributed by atoms with Gasteiger partial charge >= 0.3 is 11.9 Å². The van der Waals surface area contributed by atoms with Crippen molar-refractivity contribution >= 4 is 46.9 Å². The fourth-order valence-corrected chi connectivity index (χ4v) is 3.10. The number of carboxylic acid groups (broad SMARTS) is 2. The van der Waals surface area contributed by atoms with Gasteiger partial charge in [-0.1, -0.05) is 29.3 Å². The summed E-state index contributed by atoms with van der Waals surface area (Å²) in [6.07, 6.45) is 0. The number of rotatable bonds is 3. The summed E-state index contributed by atoms with van der Waals surface area (Å²) >= 11 is 12.4. The molecule has 1 aromatic carbocycles. The molecule has 3 N–H and O–H groups in total. The van der Waals surface area contributed by atoms with E-state index in [9.17, 15) is 14.7 Å². The van der Waals surface area contributed by atoms with E-state index < -0.39 is 22.1 Å². The Morgan fingerprint density at radius 3 is 2.60 bits per heavy atom. The minimum Gasteiger partial charge on any atom is -0.480 e. The molecular weight excluding hydrogens is 329 g/mol. The Balaban J connectivity index is 2.46. The molecule has 20 heavy (non-hydrogen) atoms. The zero-order chi connectivity index (χ0) is 14.9. The van der Waals surface area contributed by atoms with Crippen molar-refractivity contribution in [3.8, 4) is 0 Å². The molecule has 0 spiro atoms. The number of carboxylic acids is 2. The summed E-state index contributed by atoms with van der Waals surface area (Å²) in [7, 11) is 0. The lowest BCUT2D eigenvalue weighted by atomic mass is 10.1. The van der Waals surface area contributed by atoms with Gasteiger partial charge in [0.2, 0.25) is 4.87 Å². The lowest BCUT2D eigenvalue weighted by molar-refractivity contribution is -0.149. The Morgan fingerprint density at radius 1 is 1.35 bits per heavy atom.